The topological polar surface area (TPSA) is 89.1 Å². The number of para-hydroxylation sites is 2. The first kappa shape index (κ1) is 20.5. The molecule has 5 aromatic rings. The number of carbonyl (C=O) groups excluding carboxylic acids is 1. The minimum atomic E-state index is -0.283. The number of amides is 1. The summed E-state index contributed by atoms with van der Waals surface area (Å²) in [5, 5.41) is 2.98. The Morgan fingerprint density at radius 3 is 2.21 bits per heavy atom. The van der Waals surface area contributed by atoms with Crippen molar-refractivity contribution < 1.29 is 4.79 Å². The van der Waals surface area contributed by atoms with Crippen LogP contribution in [-0.4, -0.2) is 34.5 Å². The van der Waals surface area contributed by atoms with Crippen molar-refractivity contribution in [2.24, 2.45) is 0 Å². The number of benzene rings is 3. The van der Waals surface area contributed by atoms with Crippen molar-refractivity contribution in [2.45, 2.75) is 6.54 Å². The van der Waals surface area contributed by atoms with Crippen LogP contribution in [0.4, 0.5) is 11.5 Å². The van der Waals surface area contributed by atoms with Crippen LogP contribution in [-0.2, 0) is 6.54 Å². The summed E-state index contributed by atoms with van der Waals surface area (Å²) >= 11 is 0. The van der Waals surface area contributed by atoms with Crippen LogP contribution in [0.15, 0.2) is 78.9 Å². The molecule has 3 aromatic carbocycles. The summed E-state index contributed by atoms with van der Waals surface area (Å²) in [6, 6.07) is 25.3. The second kappa shape index (κ2) is 8.27. The van der Waals surface area contributed by atoms with E-state index >= 15 is 0 Å². The third kappa shape index (κ3) is 3.74. The van der Waals surface area contributed by atoms with Gasteiger partial charge in [0.1, 0.15) is 16.9 Å². The van der Waals surface area contributed by atoms with Crippen molar-refractivity contribution in [1.29, 1.82) is 0 Å². The van der Waals surface area contributed by atoms with Gasteiger partial charge in [-0.25, -0.2) is 9.97 Å². The number of hydrogen-bond donors (Lipinski definition) is 2. The predicted octanol–water partition coefficient (Wildman–Crippen LogP) is 4.15. The van der Waals surface area contributed by atoms with Crippen LogP contribution < -0.4 is 16.0 Å². The Labute approximate surface area is 191 Å². The highest BCUT2D eigenvalue weighted by Gasteiger charge is 2.24. The van der Waals surface area contributed by atoms with Crippen LogP contribution in [0.25, 0.3) is 27.9 Å². The highest BCUT2D eigenvalue weighted by atomic mass is 16.1. The Hall–Kier alpha value is -4.39. The molecule has 0 radical (unpaired) electrons. The molecule has 2 heterocycles. The fourth-order valence-electron chi connectivity index (χ4n) is 3.91. The Morgan fingerprint density at radius 2 is 1.55 bits per heavy atom. The van der Waals surface area contributed by atoms with Gasteiger partial charge < -0.3 is 16.0 Å². The second-order valence-electron chi connectivity index (χ2n) is 8.06. The fraction of sp³-hybridized carbons (Fsp3) is 0.115. The summed E-state index contributed by atoms with van der Waals surface area (Å²) in [5.41, 5.74) is 12.3. The number of aromatic nitrogens is 3. The van der Waals surface area contributed by atoms with E-state index in [1.165, 1.54) is 0 Å². The number of carbonyl (C=O) groups is 1. The maximum absolute atomic E-state index is 13.3. The lowest BCUT2D eigenvalue weighted by Gasteiger charge is -2.14. The molecule has 0 saturated heterocycles. The number of anilines is 2. The van der Waals surface area contributed by atoms with Gasteiger partial charge in [0, 0.05) is 32.0 Å². The van der Waals surface area contributed by atoms with Crippen molar-refractivity contribution in [3.63, 3.8) is 0 Å². The fourth-order valence-corrected chi connectivity index (χ4v) is 3.91. The van der Waals surface area contributed by atoms with Gasteiger partial charge in [-0.15, -0.1) is 0 Å². The zero-order valence-electron chi connectivity index (χ0n) is 18.5. The summed E-state index contributed by atoms with van der Waals surface area (Å²) in [6.07, 6.45) is 0. The van der Waals surface area contributed by atoms with E-state index in [0.29, 0.717) is 34.6 Å². The highest BCUT2D eigenvalue weighted by Crippen LogP contribution is 2.31. The third-order valence-corrected chi connectivity index (χ3v) is 5.65. The van der Waals surface area contributed by atoms with Gasteiger partial charge in [0.05, 0.1) is 11.0 Å². The van der Waals surface area contributed by atoms with Crippen molar-refractivity contribution in [3.8, 4) is 5.69 Å². The number of nitrogens with one attached hydrogen (secondary N) is 1. The van der Waals surface area contributed by atoms with Crippen LogP contribution in [0, 0.1) is 0 Å². The minimum Gasteiger partial charge on any atom is -0.384 e. The Morgan fingerprint density at radius 1 is 0.909 bits per heavy atom. The van der Waals surface area contributed by atoms with E-state index in [9.17, 15) is 4.79 Å². The van der Waals surface area contributed by atoms with E-state index in [-0.39, 0.29) is 5.91 Å². The average molecular weight is 437 g/mol. The van der Waals surface area contributed by atoms with Gasteiger partial charge in [0.2, 0.25) is 0 Å². The predicted molar refractivity (Wildman–Crippen MR) is 133 cm³/mol. The molecule has 3 N–H and O–H groups in total. The molecule has 7 nitrogen and oxygen atoms in total. The number of rotatable bonds is 5. The second-order valence-corrected chi connectivity index (χ2v) is 8.06. The summed E-state index contributed by atoms with van der Waals surface area (Å²) < 4.78 is 1.80. The van der Waals surface area contributed by atoms with E-state index in [2.05, 4.69) is 5.32 Å². The quantitative estimate of drug-likeness (QED) is 0.432. The molecule has 33 heavy (non-hydrogen) atoms. The molecule has 0 aliphatic rings. The number of nitrogens with two attached hydrogens (primary N) is 1. The average Bonchev–Trinajstić information content (AvgIpc) is 3.12. The van der Waals surface area contributed by atoms with Crippen LogP contribution in [0.5, 0.6) is 0 Å². The summed E-state index contributed by atoms with van der Waals surface area (Å²) in [6.45, 7) is 0.393. The van der Waals surface area contributed by atoms with Gasteiger partial charge in [-0.1, -0.05) is 42.5 Å². The van der Waals surface area contributed by atoms with E-state index in [1.54, 1.807) is 4.57 Å². The van der Waals surface area contributed by atoms with Gasteiger partial charge >= 0.3 is 0 Å². The number of nitrogen functional groups attached to an aromatic ring is 1. The van der Waals surface area contributed by atoms with Gasteiger partial charge in [-0.2, -0.15) is 0 Å². The molecule has 0 bridgehead atoms. The summed E-state index contributed by atoms with van der Waals surface area (Å²) in [4.78, 5) is 24.9. The summed E-state index contributed by atoms with van der Waals surface area (Å²) in [7, 11) is 3.97. The van der Waals surface area contributed by atoms with Crippen molar-refractivity contribution in [3.05, 3.63) is 90.0 Å². The van der Waals surface area contributed by atoms with Crippen LogP contribution in [0.1, 0.15) is 15.9 Å². The molecule has 7 heteroatoms. The highest BCUT2D eigenvalue weighted by molar-refractivity contribution is 6.11. The van der Waals surface area contributed by atoms with Gasteiger partial charge in [0.25, 0.3) is 5.91 Å². The lowest BCUT2D eigenvalue weighted by Crippen LogP contribution is -2.24. The number of fused-ring (bicyclic) bond motifs is 2. The Bertz CT molecular complexity index is 1460. The molecule has 0 spiro atoms. The molecule has 5 rings (SSSR count). The first-order chi connectivity index (χ1) is 16.0. The molecular weight excluding hydrogens is 412 g/mol. The number of nitrogens with zero attached hydrogens (tertiary/aromatic N) is 4. The van der Waals surface area contributed by atoms with E-state index in [0.717, 1.165) is 22.5 Å². The largest absolute Gasteiger partial charge is 0.384 e. The lowest BCUT2D eigenvalue weighted by molar-refractivity contribution is 0.0953. The molecule has 1 amide bonds. The SMILES string of the molecule is CN(C)c1ccc(-n2c(N)c(C(=O)NCc3ccccc3)c3nc4ccccc4nc32)cc1. The van der Waals surface area contributed by atoms with Crippen LogP contribution >= 0.6 is 0 Å². The molecular formula is C26H24N6O. The lowest BCUT2D eigenvalue weighted by atomic mass is 10.2. The van der Waals surface area contributed by atoms with E-state index in [4.69, 9.17) is 15.7 Å². The molecule has 0 aliphatic carbocycles. The van der Waals surface area contributed by atoms with Gasteiger partial charge in [-0.3, -0.25) is 9.36 Å². The smallest absolute Gasteiger partial charge is 0.257 e. The zero-order valence-corrected chi connectivity index (χ0v) is 18.5. The van der Waals surface area contributed by atoms with Crippen molar-refractivity contribution >= 4 is 39.6 Å². The molecule has 2 aromatic heterocycles. The minimum absolute atomic E-state index is 0.283. The molecule has 0 saturated carbocycles. The first-order valence-electron chi connectivity index (χ1n) is 10.7. The van der Waals surface area contributed by atoms with Crippen molar-refractivity contribution in [1.82, 2.24) is 19.9 Å². The monoisotopic (exact) mass is 436 g/mol. The summed E-state index contributed by atoms with van der Waals surface area (Å²) in [5.74, 6) is 0.0260. The molecule has 0 aliphatic heterocycles. The van der Waals surface area contributed by atoms with E-state index in [1.807, 2.05) is 97.9 Å². The maximum Gasteiger partial charge on any atom is 0.257 e. The third-order valence-electron chi connectivity index (χ3n) is 5.65. The standard InChI is InChI=1S/C26H24N6O/c1-31(2)18-12-14-19(15-13-18)32-24(27)22(26(33)28-16-17-8-4-3-5-9-17)23-25(32)30-21-11-7-6-10-20(21)29-23/h3-15H,16,27H2,1-2H3,(H,28,33). The molecule has 0 fully saturated rings. The maximum atomic E-state index is 13.3. The van der Waals surface area contributed by atoms with Gasteiger partial charge in [0.15, 0.2) is 5.65 Å². The Balaban J connectivity index is 1.65. The Kier molecular flexibility index (Phi) is 5.14. The zero-order chi connectivity index (χ0) is 22.9. The molecule has 0 atom stereocenters. The van der Waals surface area contributed by atoms with Crippen LogP contribution in [0.2, 0.25) is 0 Å². The van der Waals surface area contributed by atoms with E-state index < -0.39 is 0 Å². The number of hydrogen-bond acceptors (Lipinski definition) is 5. The first-order valence-corrected chi connectivity index (χ1v) is 10.7. The molecule has 0 unspecified atom stereocenters. The van der Waals surface area contributed by atoms with Gasteiger partial charge in [-0.05, 0) is 42.0 Å². The van der Waals surface area contributed by atoms with Crippen LogP contribution in [0.3, 0.4) is 0 Å². The molecule has 164 valence electrons. The van der Waals surface area contributed by atoms with Crippen molar-refractivity contribution in [2.75, 3.05) is 24.7 Å². The normalized spacial score (nSPS) is 11.1.